The Labute approximate surface area is 121 Å². The van der Waals surface area contributed by atoms with E-state index in [-0.39, 0.29) is 11.0 Å². The minimum absolute atomic E-state index is 0.0600. The van der Waals surface area contributed by atoms with Gasteiger partial charge in [0.1, 0.15) is 16.9 Å². The first-order chi connectivity index (χ1) is 10.2. The second-order valence-corrected chi connectivity index (χ2v) is 4.69. The Hall–Kier alpha value is -2.88. The molecule has 1 N–H and O–H groups in total. The monoisotopic (exact) mass is 279 g/mol. The number of hydrogen-bond donors (Lipinski definition) is 1. The fourth-order valence-corrected chi connectivity index (χ4v) is 2.28. The van der Waals surface area contributed by atoms with Gasteiger partial charge in [0.05, 0.1) is 11.1 Å². The molecule has 0 saturated carbocycles. The molecular weight excluding hydrogens is 266 g/mol. The average molecular weight is 279 g/mol. The summed E-state index contributed by atoms with van der Waals surface area (Å²) in [6, 6.07) is 14.8. The molecule has 0 radical (unpaired) electrons. The number of para-hydroxylation sites is 1. The van der Waals surface area contributed by atoms with Crippen LogP contribution in [0.5, 0.6) is 0 Å². The van der Waals surface area contributed by atoms with Crippen LogP contribution in [-0.4, -0.2) is 6.29 Å². The molecule has 3 aromatic rings. The highest BCUT2D eigenvalue weighted by atomic mass is 16.3. The molecule has 0 aliphatic heterocycles. The van der Waals surface area contributed by atoms with Crippen LogP contribution in [0.4, 0.5) is 11.4 Å². The van der Waals surface area contributed by atoms with E-state index in [2.05, 4.69) is 5.32 Å². The summed E-state index contributed by atoms with van der Waals surface area (Å²) in [7, 11) is 0. The molecule has 1 heterocycles. The van der Waals surface area contributed by atoms with Crippen LogP contribution in [-0.2, 0) is 0 Å². The first-order valence-electron chi connectivity index (χ1n) is 6.54. The highest BCUT2D eigenvalue weighted by Gasteiger charge is 2.13. The van der Waals surface area contributed by atoms with Gasteiger partial charge in [-0.3, -0.25) is 9.59 Å². The summed E-state index contributed by atoms with van der Waals surface area (Å²) in [4.78, 5) is 23.5. The molecular formula is C17H13NO3. The Bertz CT molecular complexity index is 866. The van der Waals surface area contributed by atoms with Gasteiger partial charge < -0.3 is 9.73 Å². The Balaban J connectivity index is 2.24. The third-order valence-electron chi connectivity index (χ3n) is 3.31. The molecule has 0 fully saturated rings. The highest BCUT2D eigenvalue weighted by molar-refractivity contribution is 5.95. The number of aldehydes is 1. The van der Waals surface area contributed by atoms with Crippen LogP contribution in [0, 0.1) is 6.92 Å². The number of carbonyl (C=O) groups excluding carboxylic acids is 1. The molecule has 0 aliphatic rings. The minimum atomic E-state index is -0.317. The Morgan fingerprint density at radius 1 is 1.05 bits per heavy atom. The Morgan fingerprint density at radius 3 is 2.52 bits per heavy atom. The quantitative estimate of drug-likeness (QED) is 0.743. The van der Waals surface area contributed by atoms with Crippen molar-refractivity contribution in [3.63, 3.8) is 0 Å². The maximum atomic E-state index is 12.5. The lowest BCUT2D eigenvalue weighted by Gasteiger charge is -2.10. The number of nitrogens with one attached hydrogen (secondary N) is 1. The van der Waals surface area contributed by atoms with Gasteiger partial charge in [-0.25, -0.2) is 0 Å². The molecule has 3 rings (SSSR count). The molecule has 21 heavy (non-hydrogen) atoms. The maximum Gasteiger partial charge on any atom is 0.205 e. The van der Waals surface area contributed by atoms with Crippen LogP contribution < -0.4 is 10.7 Å². The van der Waals surface area contributed by atoms with Gasteiger partial charge in [-0.2, -0.15) is 0 Å². The van der Waals surface area contributed by atoms with Crippen LogP contribution >= 0.6 is 0 Å². The second-order valence-electron chi connectivity index (χ2n) is 4.69. The first kappa shape index (κ1) is 13.1. The van der Waals surface area contributed by atoms with Gasteiger partial charge in [0.15, 0.2) is 6.29 Å². The Morgan fingerprint density at radius 2 is 1.81 bits per heavy atom. The second kappa shape index (κ2) is 5.25. The lowest BCUT2D eigenvalue weighted by atomic mass is 10.1. The first-order valence-corrected chi connectivity index (χ1v) is 6.54. The van der Waals surface area contributed by atoms with Crippen LogP contribution in [0.25, 0.3) is 11.0 Å². The third-order valence-corrected chi connectivity index (χ3v) is 3.31. The molecule has 0 bridgehead atoms. The van der Waals surface area contributed by atoms with Crippen molar-refractivity contribution in [2.45, 2.75) is 6.92 Å². The van der Waals surface area contributed by atoms with E-state index in [1.807, 2.05) is 30.3 Å². The summed E-state index contributed by atoms with van der Waals surface area (Å²) < 4.78 is 5.57. The topological polar surface area (TPSA) is 59.3 Å². The van der Waals surface area contributed by atoms with Crippen LogP contribution in [0.3, 0.4) is 0 Å². The highest BCUT2D eigenvalue weighted by Crippen LogP contribution is 2.25. The van der Waals surface area contributed by atoms with Gasteiger partial charge in [0.25, 0.3) is 0 Å². The van der Waals surface area contributed by atoms with Gasteiger partial charge >= 0.3 is 0 Å². The number of hydrogen-bond acceptors (Lipinski definition) is 4. The SMILES string of the molecule is Cc1oc2cccc(Nc3ccccc3)c2c(=O)c1C=O. The zero-order valence-corrected chi connectivity index (χ0v) is 11.4. The van der Waals surface area contributed by atoms with Crippen molar-refractivity contribution in [3.05, 3.63) is 70.1 Å². The molecule has 1 aromatic heterocycles. The number of benzene rings is 2. The van der Waals surface area contributed by atoms with Gasteiger partial charge in [-0.05, 0) is 31.2 Å². The van der Waals surface area contributed by atoms with E-state index in [9.17, 15) is 9.59 Å². The van der Waals surface area contributed by atoms with Crippen molar-refractivity contribution >= 4 is 28.6 Å². The number of carbonyl (C=O) groups is 1. The zero-order chi connectivity index (χ0) is 14.8. The molecule has 4 nitrogen and oxygen atoms in total. The maximum absolute atomic E-state index is 12.5. The number of aryl methyl sites for hydroxylation is 1. The van der Waals surface area contributed by atoms with E-state index in [4.69, 9.17) is 4.42 Å². The van der Waals surface area contributed by atoms with Crippen LogP contribution in [0.15, 0.2) is 57.7 Å². The normalized spacial score (nSPS) is 10.5. The fourth-order valence-electron chi connectivity index (χ4n) is 2.28. The van der Waals surface area contributed by atoms with Crippen molar-refractivity contribution in [1.29, 1.82) is 0 Å². The average Bonchev–Trinajstić information content (AvgIpc) is 2.48. The molecule has 104 valence electrons. The largest absolute Gasteiger partial charge is 0.460 e. The third kappa shape index (κ3) is 2.31. The van der Waals surface area contributed by atoms with Crippen LogP contribution in [0.1, 0.15) is 16.1 Å². The zero-order valence-electron chi connectivity index (χ0n) is 11.4. The molecule has 0 aliphatic carbocycles. The van der Waals surface area contributed by atoms with Gasteiger partial charge in [-0.15, -0.1) is 0 Å². The summed E-state index contributed by atoms with van der Waals surface area (Å²) >= 11 is 0. The lowest BCUT2D eigenvalue weighted by Crippen LogP contribution is -2.12. The molecule has 0 saturated heterocycles. The van der Waals surface area contributed by atoms with Gasteiger partial charge in [0, 0.05) is 5.69 Å². The summed E-state index contributed by atoms with van der Waals surface area (Å²) in [5.41, 5.74) is 1.69. The number of fused-ring (bicyclic) bond motifs is 1. The van der Waals surface area contributed by atoms with Gasteiger partial charge in [-0.1, -0.05) is 24.3 Å². The van der Waals surface area contributed by atoms with Crippen LogP contribution in [0.2, 0.25) is 0 Å². The van der Waals surface area contributed by atoms with E-state index in [1.54, 1.807) is 25.1 Å². The smallest absolute Gasteiger partial charge is 0.205 e. The molecule has 0 unspecified atom stereocenters. The lowest BCUT2D eigenvalue weighted by molar-refractivity contribution is 0.112. The van der Waals surface area contributed by atoms with Crippen molar-refractivity contribution in [3.8, 4) is 0 Å². The number of anilines is 2. The molecule has 0 amide bonds. The molecule has 4 heteroatoms. The van der Waals surface area contributed by atoms with Crippen molar-refractivity contribution in [2.24, 2.45) is 0 Å². The van der Waals surface area contributed by atoms with Gasteiger partial charge in [0.2, 0.25) is 5.43 Å². The van der Waals surface area contributed by atoms with Crippen molar-refractivity contribution in [2.75, 3.05) is 5.32 Å². The standard InChI is InChI=1S/C17H13NO3/c1-11-13(10-19)17(20)16-14(8-5-9-15(16)21-11)18-12-6-3-2-4-7-12/h2-10,18H,1H3. The van der Waals surface area contributed by atoms with E-state index < -0.39 is 0 Å². The fraction of sp³-hybridized carbons (Fsp3) is 0.0588. The summed E-state index contributed by atoms with van der Waals surface area (Å²) in [5.74, 6) is 0.333. The van der Waals surface area contributed by atoms with Crippen molar-refractivity contribution in [1.82, 2.24) is 0 Å². The molecule has 2 aromatic carbocycles. The summed E-state index contributed by atoms with van der Waals surface area (Å²) in [6.07, 6.45) is 0.542. The predicted molar refractivity (Wildman–Crippen MR) is 82.3 cm³/mol. The predicted octanol–water partition coefficient (Wildman–Crippen LogP) is 3.66. The molecule has 0 spiro atoms. The minimum Gasteiger partial charge on any atom is -0.460 e. The summed E-state index contributed by atoms with van der Waals surface area (Å²) in [6.45, 7) is 1.61. The van der Waals surface area contributed by atoms with E-state index in [0.717, 1.165) is 5.69 Å². The molecule has 0 atom stereocenters. The number of rotatable bonds is 3. The van der Waals surface area contributed by atoms with Crippen molar-refractivity contribution < 1.29 is 9.21 Å². The van der Waals surface area contributed by atoms with E-state index in [1.165, 1.54) is 0 Å². The van der Waals surface area contributed by atoms with E-state index >= 15 is 0 Å². The Kier molecular flexibility index (Phi) is 3.28. The van der Waals surface area contributed by atoms with E-state index in [0.29, 0.717) is 28.7 Å². The summed E-state index contributed by atoms with van der Waals surface area (Å²) in [5, 5.41) is 3.57.